The fourth-order valence-corrected chi connectivity index (χ4v) is 0.672. The van der Waals surface area contributed by atoms with E-state index in [9.17, 15) is 13.2 Å². The molecule has 0 amide bonds. The van der Waals surface area contributed by atoms with Gasteiger partial charge in [-0.05, 0) is 27.7 Å². The van der Waals surface area contributed by atoms with Gasteiger partial charge in [0.25, 0.3) is 0 Å². The third-order valence-electron chi connectivity index (χ3n) is 1.24. The van der Waals surface area contributed by atoms with Crippen LogP contribution in [0.3, 0.4) is 0 Å². The summed E-state index contributed by atoms with van der Waals surface area (Å²) in [7, 11) is 0. The van der Waals surface area contributed by atoms with Crippen LogP contribution in [0, 0.1) is 0 Å². The lowest BCUT2D eigenvalue weighted by Crippen LogP contribution is -3.98. The first-order chi connectivity index (χ1) is 6.73. The van der Waals surface area contributed by atoms with Gasteiger partial charge in [-0.15, -0.1) is 0 Å². The Labute approximate surface area is 92.2 Å². The van der Waals surface area contributed by atoms with Crippen LogP contribution in [-0.2, 0) is 6.18 Å². The Morgan fingerprint density at radius 2 is 1.47 bits per heavy atom. The van der Waals surface area contributed by atoms with Gasteiger partial charge >= 0.3 is 27.2 Å². The molecule has 0 bridgehead atoms. The minimum absolute atomic E-state index is 0.331. The van der Waals surface area contributed by atoms with E-state index in [1.807, 2.05) is 0 Å². The molecule has 0 atom stereocenters. The van der Waals surface area contributed by atoms with E-state index in [-0.39, 0.29) is 0 Å². The zero-order chi connectivity index (χ0) is 12.1. The highest BCUT2D eigenvalue weighted by molar-refractivity contribution is 5.39. The molecule has 8 heteroatoms. The van der Waals surface area contributed by atoms with Crippen molar-refractivity contribution in [3.05, 3.63) is 29.8 Å². The van der Waals surface area contributed by atoms with Gasteiger partial charge < -0.3 is 12.6 Å². The standard InChI is InChI=1S/C7H6F3N.HIO3/c8-7(9,10)5-1-3-6(11)4-2-5;2-1(3)4/h1-4H,11H2;2H. The Hall–Kier alpha value is -0.580. The molecule has 1 rings (SSSR count). The Kier molecular flexibility index (Phi) is 5.87. The Morgan fingerprint density at radius 1 is 1.13 bits per heavy atom. The molecule has 0 spiro atoms. The van der Waals surface area contributed by atoms with E-state index >= 15 is 0 Å². The first-order valence-corrected chi connectivity index (χ1v) is 6.13. The highest BCUT2D eigenvalue weighted by Crippen LogP contribution is 2.29. The van der Waals surface area contributed by atoms with Crippen LogP contribution in [0.15, 0.2) is 24.3 Å². The SMILES string of the molecule is Nc1ccc(C(F)(F)F)cc1.[O-][I+2]([O-])O. The third-order valence-corrected chi connectivity index (χ3v) is 1.24. The van der Waals surface area contributed by atoms with Crippen molar-refractivity contribution in [2.75, 3.05) is 5.73 Å². The van der Waals surface area contributed by atoms with Gasteiger partial charge in [0.05, 0.1) is 5.56 Å². The van der Waals surface area contributed by atoms with Crippen LogP contribution in [0.5, 0.6) is 0 Å². The van der Waals surface area contributed by atoms with E-state index in [1.165, 1.54) is 12.1 Å². The van der Waals surface area contributed by atoms with Crippen molar-refractivity contribution in [1.82, 2.24) is 0 Å². The average Bonchev–Trinajstić information content (AvgIpc) is 2.01. The van der Waals surface area contributed by atoms with E-state index in [0.717, 1.165) is 12.1 Å². The highest BCUT2D eigenvalue weighted by atomic mass is 127. The van der Waals surface area contributed by atoms with Gasteiger partial charge in [0, 0.05) is 5.69 Å². The summed E-state index contributed by atoms with van der Waals surface area (Å²) in [5, 5.41) is 0. The number of nitrogen functional groups attached to an aromatic ring is 1. The fraction of sp³-hybridized carbons (Fsp3) is 0.143. The number of rotatable bonds is 0. The van der Waals surface area contributed by atoms with Gasteiger partial charge in [-0.25, -0.2) is 0 Å². The second-order valence-corrected chi connectivity index (χ2v) is 3.47. The van der Waals surface area contributed by atoms with E-state index < -0.39 is 32.8 Å². The molecule has 0 aliphatic heterocycles. The smallest absolute Gasteiger partial charge is 0.399 e. The van der Waals surface area contributed by atoms with Crippen molar-refractivity contribution in [3.8, 4) is 0 Å². The maximum atomic E-state index is 11.9. The lowest BCUT2D eigenvalue weighted by Gasteiger charge is -2.05. The van der Waals surface area contributed by atoms with Crippen LogP contribution in [0.4, 0.5) is 18.9 Å². The summed E-state index contributed by atoms with van der Waals surface area (Å²) >= 11 is -3.76. The molecule has 0 aromatic heterocycles. The number of halogens is 4. The summed E-state index contributed by atoms with van der Waals surface area (Å²) in [6.45, 7) is 0. The lowest BCUT2D eigenvalue weighted by molar-refractivity contribution is -1.63. The van der Waals surface area contributed by atoms with Crippen LogP contribution in [0.2, 0.25) is 0 Å². The highest BCUT2D eigenvalue weighted by Gasteiger charge is 2.29. The van der Waals surface area contributed by atoms with Crippen molar-refractivity contribution in [2.45, 2.75) is 6.18 Å². The molecule has 0 aliphatic rings. The van der Waals surface area contributed by atoms with Crippen LogP contribution >= 0.6 is 0 Å². The van der Waals surface area contributed by atoms with E-state index in [2.05, 4.69) is 0 Å². The Morgan fingerprint density at radius 3 is 1.73 bits per heavy atom. The fourth-order valence-electron chi connectivity index (χ4n) is 0.672. The first-order valence-electron chi connectivity index (χ1n) is 3.40. The summed E-state index contributed by atoms with van der Waals surface area (Å²) < 4.78 is 60.1. The maximum absolute atomic E-state index is 11.9. The molecule has 0 radical (unpaired) electrons. The molecule has 15 heavy (non-hydrogen) atoms. The van der Waals surface area contributed by atoms with Crippen LogP contribution in [0.1, 0.15) is 5.56 Å². The topological polar surface area (TPSA) is 92.4 Å². The van der Waals surface area contributed by atoms with Gasteiger partial charge in [-0.3, -0.25) is 0 Å². The largest absolute Gasteiger partial charge is 0.503 e. The predicted molar refractivity (Wildman–Crippen MR) is 38.1 cm³/mol. The first kappa shape index (κ1) is 14.4. The molecule has 3 N–H and O–H groups in total. The molecular formula is C7H7F3INO3. The van der Waals surface area contributed by atoms with Crippen molar-refractivity contribution >= 4 is 5.69 Å². The number of hydrogen-bond acceptors (Lipinski definition) is 4. The third kappa shape index (κ3) is 7.36. The van der Waals surface area contributed by atoms with Crippen molar-refractivity contribution < 1.29 is 44.5 Å². The molecule has 86 valence electrons. The summed E-state index contributed by atoms with van der Waals surface area (Å²) in [6, 6.07) is 4.36. The molecule has 4 nitrogen and oxygen atoms in total. The van der Waals surface area contributed by atoms with Gasteiger partial charge in [0.15, 0.2) is 0 Å². The Bertz CT molecular complexity index is 286. The van der Waals surface area contributed by atoms with E-state index in [4.69, 9.17) is 16.0 Å². The van der Waals surface area contributed by atoms with Crippen molar-refractivity contribution in [3.63, 3.8) is 0 Å². The molecule has 0 saturated heterocycles. The molecule has 0 unspecified atom stereocenters. The van der Waals surface area contributed by atoms with Crippen molar-refractivity contribution in [1.29, 1.82) is 0 Å². The quantitative estimate of drug-likeness (QED) is 0.377. The minimum atomic E-state index is -4.27. The summed E-state index contributed by atoms with van der Waals surface area (Å²) in [5.41, 5.74) is 4.86. The van der Waals surface area contributed by atoms with E-state index in [0.29, 0.717) is 5.69 Å². The normalized spacial score (nSPS) is 10.9. The zero-order valence-corrected chi connectivity index (χ0v) is 9.32. The molecule has 0 fully saturated rings. The summed E-state index contributed by atoms with van der Waals surface area (Å²) in [6.07, 6.45) is -4.27. The Balaban J connectivity index is 0.000000423. The van der Waals surface area contributed by atoms with E-state index in [1.54, 1.807) is 0 Å². The maximum Gasteiger partial charge on any atom is 0.503 e. The predicted octanol–water partition coefficient (Wildman–Crippen LogP) is -3.64. The van der Waals surface area contributed by atoms with Gasteiger partial charge in [-0.1, -0.05) is 0 Å². The number of anilines is 1. The molecule has 0 heterocycles. The number of hydrogen-bond donors (Lipinski definition) is 2. The lowest BCUT2D eigenvalue weighted by atomic mass is 10.2. The van der Waals surface area contributed by atoms with Crippen LogP contribution < -0.4 is 33.7 Å². The molecule has 0 saturated carbocycles. The number of benzene rings is 1. The van der Waals surface area contributed by atoms with Gasteiger partial charge in [0.2, 0.25) is 0 Å². The van der Waals surface area contributed by atoms with Crippen LogP contribution in [-0.4, -0.2) is 3.44 Å². The molecule has 0 aliphatic carbocycles. The number of alkyl halides is 3. The molecule has 1 aromatic rings. The molecular weight excluding hydrogens is 330 g/mol. The van der Waals surface area contributed by atoms with Gasteiger partial charge in [-0.2, -0.15) is 13.2 Å². The van der Waals surface area contributed by atoms with Crippen LogP contribution in [0.25, 0.3) is 0 Å². The monoisotopic (exact) mass is 337 g/mol. The summed E-state index contributed by atoms with van der Waals surface area (Å²) in [5.74, 6) is 0. The zero-order valence-electron chi connectivity index (χ0n) is 7.16. The summed E-state index contributed by atoms with van der Waals surface area (Å²) in [4.78, 5) is 0. The second-order valence-electron chi connectivity index (χ2n) is 2.32. The van der Waals surface area contributed by atoms with Crippen molar-refractivity contribution in [2.24, 2.45) is 0 Å². The minimum Gasteiger partial charge on any atom is -0.399 e. The molecule has 1 aromatic carbocycles. The number of nitrogens with two attached hydrogens (primary N) is 1. The second kappa shape index (κ2) is 6.10. The van der Waals surface area contributed by atoms with Gasteiger partial charge in [0.1, 0.15) is 0 Å². The average molecular weight is 337 g/mol.